The van der Waals surface area contributed by atoms with Gasteiger partial charge in [0.2, 0.25) is 0 Å². The number of hydrogen-bond donors (Lipinski definition) is 1. The molecule has 0 aromatic carbocycles. The maximum absolute atomic E-state index is 12.8. The Bertz CT molecular complexity index is 1320. The zero-order chi connectivity index (χ0) is 44.9. The zero-order valence-corrected chi connectivity index (χ0v) is 39.0. The van der Waals surface area contributed by atoms with Crippen molar-refractivity contribution in [3.8, 4) is 0 Å². The molecule has 0 saturated carbocycles. The maximum Gasteiger partial charge on any atom is 0.361 e. The minimum atomic E-state index is -1.52. The summed E-state index contributed by atoms with van der Waals surface area (Å²) < 4.78 is 22.7. The molecule has 0 aliphatic heterocycles. The van der Waals surface area contributed by atoms with Crippen molar-refractivity contribution in [1.29, 1.82) is 0 Å². The summed E-state index contributed by atoms with van der Waals surface area (Å²) in [5.41, 5.74) is 0. The van der Waals surface area contributed by atoms with Crippen molar-refractivity contribution in [3.63, 3.8) is 0 Å². The molecule has 0 amide bonds. The highest BCUT2D eigenvalue weighted by molar-refractivity contribution is 5.71. The Morgan fingerprint density at radius 3 is 1.33 bits per heavy atom. The van der Waals surface area contributed by atoms with E-state index >= 15 is 0 Å². The summed E-state index contributed by atoms with van der Waals surface area (Å²) in [5, 5.41) is 9.64. The van der Waals surface area contributed by atoms with Crippen molar-refractivity contribution < 1.29 is 42.9 Å². The number of allylic oxidation sites excluding steroid dienone is 16. The summed E-state index contributed by atoms with van der Waals surface area (Å²) >= 11 is 0. The molecule has 2 unspecified atom stereocenters. The lowest BCUT2D eigenvalue weighted by molar-refractivity contribution is -0.870. The van der Waals surface area contributed by atoms with Crippen LogP contribution in [0.4, 0.5) is 0 Å². The van der Waals surface area contributed by atoms with E-state index in [-0.39, 0.29) is 38.6 Å². The number of rotatable bonds is 41. The highest BCUT2D eigenvalue weighted by Gasteiger charge is 2.25. The second-order valence-corrected chi connectivity index (χ2v) is 16.3. The Hall–Kier alpha value is -3.79. The van der Waals surface area contributed by atoms with Crippen LogP contribution in [0.3, 0.4) is 0 Å². The molecule has 0 aromatic heterocycles. The number of carbonyl (C=O) groups excluding carboxylic acids is 2. The zero-order valence-electron chi connectivity index (χ0n) is 39.0. The second kappa shape index (κ2) is 42.9. The molecule has 61 heavy (non-hydrogen) atoms. The predicted octanol–water partition coefficient (Wildman–Crippen LogP) is 12.7. The lowest BCUT2D eigenvalue weighted by Crippen LogP contribution is -2.40. The fourth-order valence-corrected chi connectivity index (χ4v) is 5.76. The predicted molar refractivity (Wildman–Crippen MR) is 253 cm³/mol. The lowest BCUT2D eigenvalue weighted by atomic mass is 10.1. The molecule has 0 heterocycles. The molecule has 0 saturated heterocycles. The minimum Gasteiger partial charge on any atom is -0.477 e. The molecular weight excluding hydrogens is 767 g/mol. The molecule has 9 heteroatoms. The first-order valence-corrected chi connectivity index (χ1v) is 23.4. The van der Waals surface area contributed by atoms with Crippen molar-refractivity contribution in [2.75, 3.05) is 47.5 Å². The van der Waals surface area contributed by atoms with Gasteiger partial charge in [-0.25, -0.2) is 4.79 Å². The molecule has 0 fully saturated rings. The van der Waals surface area contributed by atoms with E-state index in [1.807, 2.05) is 21.1 Å². The van der Waals surface area contributed by atoms with Crippen LogP contribution in [0.2, 0.25) is 0 Å². The van der Waals surface area contributed by atoms with Crippen LogP contribution in [0, 0.1) is 0 Å². The van der Waals surface area contributed by atoms with Gasteiger partial charge in [0.25, 0.3) is 6.29 Å². The number of esters is 2. The molecule has 1 N–H and O–H groups in total. The SMILES string of the molecule is CC/C=C\C/C=C\C/C=C\C/C=C\C/C=C\CCCCCCCCCC(=O)OC(COC(=O)CCCCC/C=C\C/C=C\C/C=C\CC)COC(OCC[N+](C)(C)C)C(=O)O. The summed E-state index contributed by atoms with van der Waals surface area (Å²) in [6, 6.07) is 0. The van der Waals surface area contributed by atoms with Gasteiger partial charge in [-0.05, 0) is 89.9 Å². The highest BCUT2D eigenvalue weighted by Crippen LogP contribution is 2.13. The summed E-state index contributed by atoms with van der Waals surface area (Å²) in [6.45, 7) is 4.56. The van der Waals surface area contributed by atoms with Crippen molar-refractivity contribution in [2.24, 2.45) is 0 Å². The molecule has 2 atom stereocenters. The lowest BCUT2D eigenvalue weighted by Gasteiger charge is -2.25. The maximum atomic E-state index is 12.8. The van der Waals surface area contributed by atoms with Gasteiger partial charge in [0, 0.05) is 12.8 Å². The van der Waals surface area contributed by atoms with Crippen LogP contribution in [0.15, 0.2) is 97.2 Å². The summed E-state index contributed by atoms with van der Waals surface area (Å²) in [7, 11) is 5.93. The van der Waals surface area contributed by atoms with E-state index in [1.54, 1.807) is 0 Å². The van der Waals surface area contributed by atoms with Crippen LogP contribution < -0.4 is 0 Å². The van der Waals surface area contributed by atoms with E-state index in [0.717, 1.165) is 96.3 Å². The first kappa shape index (κ1) is 57.2. The van der Waals surface area contributed by atoms with E-state index in [2.05, 4.69) is 111 Å². The number of aliphatic carboxylic acids is 1. The van der Waals surface area contributed by atoms with E-state index in [4.69, 9.17) is 18.9 Å². The monoisotopic (exact) mass is 853 g/mol. The first-order valence-electron chi connectivity index (χ1n) is 23.4. The molecule has 0 bridgehead atoms. The Morgan fingerprint density at radius 1 is 0.492 bits per heavy atom. The standard InChI is InChI=1S/C52H85NO8/c1-6-8-10-12-14-16-18-20-21-22-23-24-25-26-27-28-29-31-33-35-37-39-41-43-50(55)61-48(47-60-52(51(56)57)58-45-44-53(3,4)5)46-59-49(54)42-40-38-36-34-32-30-19-17-15-13-11-9-7-2/h8-11,14-17,20-21,23-24,26-27,30,32,48,52H,6-7,12-13,18-19,22,25,28-29,31,33-47H2,1-5H3/p+1/b10-8-,11-9-,16-14-,17-15-,21-20-,24-23-,27-26-,32-30-. The number of quaternary nitrogens is 1. The minimum absolute atomic E-state index is 0.175. The van der Waals surface area contributed by atoms with Crippen molar-refractivity contribution in [3.05, 3.63) is 97.2 Å². The molecule has 0 aromatic rings. The van der Waals surface area contributed by atoms with Gasteiger partial charge >= 0.3 is 17.9 Å². The van der Waals surface area contributed by atoms with Gasteiger partial charge in [-0.3, -0.25) is 9.59 Å². The van der Waals surface area contributed by atoms with Crippen molar-refractivity contribution in [1.82, 2.24) is 0 Å². The van der Waals surface area contributed by atoms with Gasteiger partial charge < -0.3 is 28.5 Å². The Kier molecular flexibility index (Phi) is 40.2. The number of nitrogens with zero attached hydrogens (tertiary/aromatic N) is 1. The fourth-order valence-electron chi connectivity index (χ4n) is 5.76. The normalized spacial score (nSPS) is 13.8. The van der Waals surface area contributed by atoms with E-state index in [9.17, 15) is 19.5 Å². The third-order valence-electron chi connectivity index (χ3n) is 9.34. The van der Waals surface area contributed by atoms with Gasteiger partial charge in [0.15, 0.2) is 6.10 Å². The molecule has 9 nitrogen and oxygen atoms in total. The Morgan fingerprint density at radius 2 is 0.885 bits per heavy atom. The molecular formula is C52H86NO8+. The van der Waals surface area contributed by atoms with Crippen LogP contribution in [0.25, 0.3) is 0 Å². The van der Waals surface area contributed by atoms with Gasteiger partial charge in [0.05, 0.1) is 34.4 Å². The summed E-state index contributed by atoms with van der Waals surface area (Å²) in [6.07, 6.45) is 53.3. The average Bonchev–Trinajstić information content (AvgIpc) is 3.22. The van der Waals surface area contributed by atoms with Crippen LogP contribution in [0.5, 0.6) is 0 Å². The van der Waals surface area contributed by atoms with Gasteiger partial charge in [-0.15, -0.1) is 0 Å². The number of carboxylic acids is 1. The number of carboxylic acid groups (broad SMARTS) is 1. The van der Waals surface area contributed by atoms with Crippen LogP contribution in [-0.2, 0) is 33.3 Å². The Balaban J connectivity index is 4.45. The van der Waals surface area contributed by atoms with Gasteiger partial charge in [0.1, 0.15) is 13.2 Å². The largest absolute Gasteiger partial charge is 0.477 e. The number of ether oxygens (including phenoxy) is 4. The van der Waals surface area contributed by atoms with Crippen LogP contribution in [-0.4, -0.2) is 87.4 Å². The van der Waals surface area contributed by atoms with Crippen molar-refractivity contribution in [2.45, 2.75) is 167 Å². The average molecular weight is 853 g/mol. The van der Waals surface area contributed by atoms with Gasteiger partial charge in [-0.2, -0.15) is 0 Å². The first-order chi connectivity index (χ1) is 29.6. The highest BCUT2D eigenvalue weighted by atomic mass is 16.7. The molecule has 0 radical (unpaired) electrons. The van der Waals surface area contributed by atoms with E-state index < -0.39 is 24.3 Å². The molecule has 0 aliphatic carbocycles. The van der Waals surface area contributed by atoms with Crippen LogP contribution >= 0.6 is 0 Å². The summed E-state index contributed by atoms with van der Waals surface area (Å²) in [4.78, 5) is 37.1. The number of unbranched alkanes of at least 4 members (excludes halogenated alkanes) is 10. The third kappa shape index (κ3) is 44.1. The van der Waals surface area contributed by atoms with Gasteiger partial charge in [-0.1, -0.05) is 150 Å². The summed E-state index contributed by atoms with van der Waals surface area (Å²) in [5.74, 6) is -2.08. The third-order valence-corrected chi connectivity index (χ3v) is 9.34. The molecule has 0 spiro atoms. The molecule has 0 aliphatic rings. The van der Waals surface area contributed by atoms with E-state index in [0.29, 0.717) is 23.9 Å². The topological polar surface area (TPSA) is 108 Å². The van der Waals surface area contributed by atoms with Crippen molar-refractivity contribution >= 4 is 17.9 Å². The number of likely N-dealkylation sites (N-methyl/N-ethyl adjacent to an activating group) is 1. The number of hydrogen-bond acceptors (Lipinski definition) is 7. The molecule has 0 rings (SSSR count). The molecule has 346 valence electrons. The second-order valence-electron chi connectivity index (χ2n) is 16.3. The van der Waals surface area contributed by atoms with E-state index in [1.165, 1.54) is 19.3 Å². The van der Waals surface area contributed by atoms with Crippen LogP contribution in [0.1, 0.15) is 155 Å². The Labute approximate surface area is 372 Å². The number of carbonyl (C=O) groups is 3. The smallest absolute Gasteiger partial charge is 0.361 e. The fraction of sp³-hybridized carbons (Fsp3) is 0.635. The quantitative estimate of drug-likeness (QED) is 0.0213.